The topological polar surface area (TPSA) is 55.1 Å². The highest BCUT2D eigenvalue weighted by Gasteiger charge is 2.08. The van der Waals surface area contributed by atoms with Gasteiger partial charge < -0.3 is 9.73 Å². The Morgan fingerprint density at radius 3 is 2.77 bits per heavy atom. The van der Waals surface area contributed by atoms with Crippen molar-refractivity contribution in [1.82, 2.24) is 4.98 Å². The quantitative estimate of drug-likeness (QED) is 0.655. The predicted octanol–water partition coefficient (Wildman–Crippen LogP) is 4.71. The van der Waals surface area contributed by atoms with E-state index in [4.69, 9.17) is 4.42 Å². The highest BCUT2D eigenvalue weighted by molar-refractivity contribution is 9.10. The van der Waals surface area contributed by atoms with E-state index >= 15 is 0 Å². The summed E-state index contributed by atoms with van der Waals surface area (Å²) in [5.41, 5.74) is 2.38. The van der Waals surface area contributed by atoms with Crippen molar-refractivity contribution in [2.24, 2.45) is 0 Å². The molecule has 0 atom stereocenters. The van der Waals surface area contributed by atoms with Gasteiger partial charge in [0.1, 0.15) is 5.52 Å². The van der Waals surface area contributed by atoms with Gasteiger partial charge in [-0.25, -0.2) is 4.98 Å². The van der Waals surface area contributed by atoms with Crippen molar-refractivity contribution < 1.29 is 9.21 Å². The van der Waals surface area contributed by atoms with E-state index in [1.54, 1.807) is 0 Å². The first kappa shape index (κ1) is 15.1. The number of thioether (sulfide) groups is 1. The number of fused-ring (bicyclic) bond motifs is 1. The number of nitrogens with one attached hydrogen (secondary N) is 1. The van der Waals surface area contributed by atoms with Crippen LogP contribution in [0.15, 0.2) is 62.6 Å². The van der Waals surface area contributed by atoms with E-state index < -0.39 is 0 Å². The second-order valence-electron chi connectivity index (χ2n) is 4.57. The number of oxazole rings is 1. The highest BCUT2D eigenvalue weighted by atomic mass is 79.9. The van der Waals surface area contributed by atoms with Crippen LogP contribution in [0.5, 0.6) is 0 Å². The Morgan fingerprint density at radius 1 is 1.18 bits per heavy atom. The zero-order chi connectivity index (χ0) is 15.4. The second-order valence-corrected chi connectivity index (χ2v) is 6.47. The summed E-state index contributed by atoms with van der Waals surface area (Å²) in [7, 11) is 0. The van der Waals surface area contributed by atoms with E-state index in [0.29, 0.717) is 17.4 Å². The van der Waals surface area contributed by atoms with Crippen molar-refractivity contribution in [3.63, 3.8) is 0 Å². The summed E-state index contributed by atoms with van der Waals surface area (Å²) in [6.07, 6.45) is 0.394. The number of amides is 1. The fraction of sp³-hybridized carbons (Fsp3) is 0.125. The lowest BCUT2D eigenvalue weighted by molar-refractivity contribution is -0.115. The molecule has 2 aromatic carbocycles. The summed E-state index contributed by atoms with van der Waals surface area (Å²) in [5, 5.41) is 3.47. The first-order chi connectivity index (χ1) is 10.7. The minimum atomic E-state index is -0.0319. The van der Waals surface area contributed by atoms with Crippen LogP contribution in [0.1, 0.15) is 6.42 Å². The minimum absolute atomic E-state index is 0.0319. The number of halogens is 1. The minimum Gasteiger partial charge on any atom is -0.431 e. The van der Waals surface area contributed by atoms with Crippen molar-refractivity contribution >= 4 is 50.4 Å². The van der Waals surface area contributed by atoms with Gasteiger partial charge >= 0.3 is 0 Å². The summed E-state index contributed by atoms with van der Waals surface area (Å²) in [5.74, 6) is 0.582. The number of hydrogen-bond acceptors (Lipinski definition) is 4. The monoisotopic (exact) mass is 376 g/mol. The van der Waals surface area contributed by atoms with Crippen LogP contribution in [0.2, 0.25) is 0 Å². The number of carbonyl (C=O) groups excluding carboxylic acids is 1. The second kappa shape index (κ2) is 6.98. The molecule has 0 radical (unpaired) electrons. The zero-order valence-electron chi connectivity index (χ0n) is 11.6. The molecule has 0 spiro atoms. The molecule has 0 saturated heterocycles. The Morgan fingerprint density at radius 2 is 1.95 bits per heavy atom. The molecule has 3 rings (SSSR count). The number of rotatable bonds is 5. The first-order valence-electron chi connectivity index (χ1n) is 6.75. The van der Waals surface area contributed by atoms with Crippen LogP contribution in [0.25, 0.3) is 11.1 Å². The van der Waals surface area contributed by atoms with Crippen molar-refractivity contribution in [2.45, 2.75) is 11.6 Å². The molecule has 0 unspecified atom stereocenters. The van der Waals surface area contributed by atoms with E-state index in [1.165, 1.54) is 11.8 Å². The Bertz CT molecular complexity index is 770. The van der Waals surface area contributed by atoms with E-state index in [1.807, 2.05) is 48.5 Å². The van der Waals surface area contributed by atoms with Gasteiger partial charge in [0, 0.05) is 16.6 Å². The number of benzene rings is 2. The standard InChI is InChI=1S/C16H13BrN2O2S/c17-11-5-1-2-6-12(11)18-15(20)9-10-22-16-19-13-7-3-4-8-14(13)21-16/h1-8H,9-10H2,(H,18,20). The maximum Gasteiger partial charge on any atom is 0.256 e. The average Bonchev–Trinajstić information content (AvgIpc) is 2.92. The molecule has 1 N–H and O–H groups in total. The number of aromatic nitrogens is 1. The molecular formula is C16H13BrN2O2S. The van der Waals surface area contributed by atoms with Gasteiger partial charge in [0.25, 0.3) is 5.22 Å². The number of carbonyl (C=O) groups is 1. The summed E-state index contributed by atoms with van der Waals surface area (Å²) in [4.78, 5) is 16.3. The molecule has 112 valence electrons. The third kappa shape index (κ3) is 3.69. The Labute approximate surface area is 140 Å². The maximum atomic E-state index is 11.9. The van der Waals surface area contributed by atoms with E-state index in [9.17, 15) is 4.79 Å². The number of nitrogens with zero attached hydrogens (tertiary/aromatic N) is 1. The largest absolute Gasteiger partial charge is 0.431 e. The lowest BCUT2D eigenvalue weighted by Crippen LogP contribution is -2.12. The molecule has 3 aromatic rings. The van der Waals surface area contributed by atoms with E-state index in [0.717, 1.165) is 21.3 Å². The van der Waals surface area contributed by atoms with Crippen LogP contribution in [-0.4, -0.2) is 16.6 Å². The highest BCUT2D eigenvalue weighted by Crippen LogP contribution is 2.24. The lowest BCUT2D eigenvalue weighted by Gasteiger charge is -2.06. The number of hydrogen-bond donors (Lipinski definition) is 1. The summed E-state index contributed by atoms with van der Waals surface area (Å²) in [6, 6.07) is 15.2. The summed E-state index contributed by atoms with van der Waals surface area (Å²) in [6.45, 7) is 0. The number of para-hydroxylation sites is 3. The molecular weight excluding hydrogens is 364 g/mol. The molecule has 0 bridgehead atoms. The van der Waals surface area contributed by atoms with Gasteiger partial charge in [-0.05, 0) is 40.2 Å². The SMILES string of the molecule is O=C(CCSc1nc2ccccc2o1)Nc1ccccc1Br. The van der Waals surface area contributed by atoms with Crippen LogP contribution < -0.4 is 5.32 Å². The molecule has 0 saturated carbocycles. The van der Waals surface area contributed by atoms with Gasteiger partial charge in [-0.2, -0.15) is 0 Å². The average molecular weight is 377 g/mol. The molecule has 0 aliphatic rings. The van der Waals surface area contributed by atoms with Gasteiger partial charge in [-0.15, -0.1) is 0 Å². The van der Waals surface area contributed by atoms with Crippen LogP contribution in [0.3, 0.4) is 0 Å². The molecule has 6 heteroatoms. The fourth-order valence-electron chi connectivity index (χ4n) is 1.92. The maximum absolute atomic E-state index is 11.9. The lowest BCUT2D eigenvalue weighted by atomic mass is 10.3. The zero-order valence-corrected chi connectivity index (χ0v) is 14.0. The number of anilines is 1. The van der Waals surface area contributed by atoms with Crippen molar-refractivity contribution in [2.75, 3.05) is 11.1 Å². The molecule has 0 aliphatic heterocycles. The molecule has 0 aliphatic carbocycles. The van der Waals surface area contributed by atoms with E-state index in [-0.39, 0.29) is 5.91 Å². The summed E-state index contributed by atoms with van der Waals surface area (Å²) >= 11 is 4.84. The van der Waals surface area contributed by atoms with Crippen molar-refractivity contribution in [3.05, 3.63) is 53.0 Å². The molecule has 1 aromatic heterocycles. The van der Waals surface area contributed by atoms with Gasteiger partial charge in [-0.3, -0.25) is 4.79 Å². The Balaban J connectivity index is 1.52. The Kier molecular flexibility index (Phi) is 4.80. The van der Waals surface area contributed by atoms with Gasteiger partial charge in [0.15, 0.2) is 5.58 Å². The van der Waals surface area contributed by atoms with Crippen molar-refractivity contribution in [3.8, 4) is 0 Å². The normalized spacial score (nSPS) is 10.8. The molecule has 0 fully saturated rings. The first-order valence-corrected chi connectivity index (χ1v) is 8.53. The van der Waals surface area contributed by atoms with Gasteiger partial charge in [0.2, 0.25) is 5.91 Å². The van der Waals surface area contributed by atoms with Gasteiger partial charge in [-0.1, -0.05) is 36.0 Å². The molecule has 22 heavy (non-hydrogen) atoms. The smallest absolute Gasteiger partial charge is 0.256 e. The fourth-order valence-corrected chi connectivity index (χ4v) is 3.08. The molecule has 1 heterocycles. The molecule has 4 nitrogen and oxygen atoms in total. The van der Waals surface area contributed by atoms with Crippen LogP contribution in [0, 0.1) is 0 Å². The third-order valence-corrected chi connectivity index (χ3v) is 4.50. The molecule has 1 amide bonds. The van der Waals surface area contributed by atoms with E-state index in [2.05, 4.69) is 26.2 Å². The third-order valence-electron chi connectivity index (χ3n) is 2.98. The van der Waals surface area contributed by atoms with Crippen molar-refractivity contribution in [1.29, 1.82) is 0 Å². The van der Waals surface area contributed by atoms with Crippen LogP contribution in [-0.2, 0) is 4.79 Å². The predicted molar refractivity (Wildman–Crippen MR) is 92.1 cm³/mol. The van der Waals surface area contributed by atoms with Crippen LogP contribution in [0.4, 0.5) is 5.69 Å². The van der Waals surface area contributed by atoms with Gasteiger partial charge in [0.05, 0.1) is 5.69 Å². The Hall–Kier alpha value is -1.79. The van der Waals surface area contributed by atoms with Crippen LogP contribution >= 0.6 is 27.7 Å². The summed E-state index contributed by atoms with van der Waals surface area (Å²) < 4.78 is 6.47.